The van der Waals surface area contributed by atoms with Crippen LogP contribution >= 0.6 is 0 Å². The lowest BCUT2D eigenvalue weighted by Crippen LogP contribution is -2.79. The van der Waals surface area contributed by atoms with Crippen LogP contribution in [0, 0.1) is 0 Å². The van der Waals surface area contributed by atoms with E-state index in [1.165, 1.54) is 4.90 Å². The molecule has 2 saturated heterocycles. The van der Waals surface area contributed by atoms with E-state index in [1.54, 1.807) is 20.8 Å². The van der Waals surface area contributed by atoms with Crippen molar-refractivity contribution in [3.63, 3.8) is 0 Å². The quantitative estimate of drug-likeness (QED) is 0.657. The number of piperazine rings is 1. The topological polar surface area (TPSA) is 99.2 Å². The summed E-state index contributed by atoms with van der Waals surface area (Å²) in [5.41, 5.74) is -1.32. The molecule has 0 aromatic heterocycles. The van der Waals surface area contributed by atoms with E-state index in [0.717, 1.165) is 4.90 Å². The molecule has 1 spiro atoms. The molecular formula is C12H19N3O5. The second kappa shape index (κ2) is 4.53. The number of nitrogens with one attached hydrogen (secondary N) is 1. The zero-order chi connectivity index (χ0) is 15.1. The summed E-state index contributed by atoms with van der Waals surface area (Å²) < 4.78 is 5.23. The summed E-state index contributed by atoms with van der Waals surface area (Å²) in [6, 6.07) is 0. The van der Waals surface area contributed by atoms with Crippen molar-refractivity contribution >= 4 is 18.1 Å². The lowest BCUT2D eigenvalue weighted by Gasteiger charge is -2.55. The maximum Gasteiger partial charge on any atom is 0.410 e. The molecule has 2 aliphatic rings. The Bertz CT molecular complexity index is 450. The second-order valence-electron chi connectivity index (χ2n) is 6.21. The summed E-state index contributed by atoms with van der Waals surface area (Å²) in [5, 5.41) is 11.8. The van der Waals surface area contributed by atoms with Crippen LogP contribution in [0.3, 0.4) is 0 Å². The van der Waals surface area contributed by atoms with E-state index in [2.05, 4.69) is 5.32 Å². The van der Waals surface area contributed by atoms with Crippen LogP contribution in [0.4, 0.5) is 9.59 Å². The maximum absolute atomic E-state index is 11.9. The molecular weight excluding hydrogens is 266 g/mol. The first-order chi connectivity index (χ1) is 9.13. The van der Waals surface area contributed by atoms with Crippen molar-refractivity contribution in [2.24, 2.45) is 0 Å². The van der Waals surface area contributed by atoms with Gasteiger partial charge in [-0.2, -0.15) is 0 Å². The molecule has 0 aromatic carbocycles. The number of carboxylic acid groups (broad SMARTS) is 1. The summed E-state index contributed by atoms with van der Waals surface area (Å²) in [7, 11) is 0. The number of nitrogens with zero attached hydrogens (tertiary/aromatic N) is 2. The molecule has 0 radical (unpaired) electrons. The molecule has 0 unspecified atom stereocenters. The van der Waals surface area contributed by atoms with Crippen LogP contribution in [0.2, 0.25) is 0 Å². The molecule has 2 fully saturated rings. The lowest BCUT2D eigenvalue weighted by molar-refractivity contribution is -0.132. The molecule has 2 heterocycles. The van der Waals surface area contributed by atoms with Crippen molar-refractivity contribution in [1.29, 1.82) is 0 Å². The Kier molecular flexibility index (Phi) is 3.27. The normalized spacial score (nSPS) is 21.2. The van der Waals surface area contributed by atoms with Crippen LogP contribution in [0.25, 0.3) is 0 Å². The van der Waals surface area contributed by atoms with E-state index in [1.807, 2.05) is 0 Å². The fourth-order valence-electron chi connectivity index (χ4n) is 2.40. The number of hydrogen-bond donors (Lipinski definition) is 2. The van der Waals surface area contributed by atoms with Gasteiger partial charge in [0.15, 0.2) is 0 Å². The zero-order valence-electron chi connectivity index (χ0n) is 11.8. The number of amides is 3. The van der Waals surface area contributed by atoms with Crippen molar-refractivity contribution < 1.29 is 24.2 Å². The molecule has 0 saturated carbocycles. The van der Waals surface area contributed by atoms with E-state index in [9.17, 15) is 19.5 Å². The highest BCUT2D eigenvalue weighted by atomic mass is 16.6. The van der Waals surface area contributed by atoms with Gasteiger partial charge in [-0.25, -0.2) is 9.59 Å². The molecule has 0 aromatic rings. The molecule has 0 bridgehead atoms. The third-order valence-electron chi connectivity index (χ3n) is 3.34. The van der Waals surface area contributed by atoms with E-state index in [4.69, 9.17) is 4.74 Å². The highest BCUT2D eigenvalue weighted by molar-refractivity contribution is 5.84. The van der Waals surface area contributed by atoms with Gasteiger partial charge in [0.25, 0.3) is 0 Å². The SMILES string of the molecule is CC(C)(C)OC(=O)N1CC2(CNC(=O)CN2C(=O)O)C1. The minimum absolute atomic E-state index is 0.197. The third kappa shape index (κ3) is 2.63. The van der Waals surface area contributed by atoms with Gasteiger partial charge >= 0.3 is 12.2 Å². The van der Waals surface area contributed by atoms with Crippen molar-refractivity contribution in [3.8, 4) is 0 Å². The molecule has 112 valence electrons. The molecule has 2 aliphatic heterocycles. The standard InChI is InChI=1S/C12H19N3O5/c1-11(2,3)20-10(19)14-6-12(7-14)5-13-8(16)4-15(12)9(17)18/h4-7H2,1-3H3,(H,13,16)(H,17,18). The molecule has 8 nitrogen and oxygen atoms in total. The molecule has 20 heavy (non-hydrogen) atoms. The fraction of sp³-hybridized carbons (Fsp3) is 0.750. The summed E-state index contributed by atoms with van der Waals surface area (Å²) >= 11 is 0. The number of hydrogen-bond acceptors (Lipinski definition) is 4. The fourth-order valence-corrected chi connectivity index (χ4v) is 2.40. The van der Waals surface area contributed by atoms with Gasteiger partial charge in [0.05, 0.1) is 18.6 Å². The first kappa shape index (κ1) is 14.4. The van der Waals surface area contributed by atoms with Crippen LogP contribution in [0.1, 0.15) is 20.8 Å². The number of rotatable bonds is 0. The number of likely N-dealkylation sites (tertiary alicyclic amines) is 1. The smallest absolute Gasteiger partial charge is 0.410 e. The largest absolute Gasteiger partial charge is 0.465 e. The Morgan fingerprint density at radius 1 is 1.35 bits per heavy atom. The van der Waals surface area contributed by atoms with E-state index in [-0.39, 0.29) is 32.1 Å². The molecule has 2 rings (SSSR count). The third-order valence-corrected chi connectivity index (χ3v) is 3.34. The Balaban J connectivity index is 2.00. The molecule has 0 atom stereocenters. The molecule has 2 N–H and O–H groups in total. The van der Waals surface area contributed by atoms with Crippen LogP contribution < -0.4 is 5.32 Å². The van der Waals surface area contributed by atoms with E-state index < -0.39 is 23.3 Å². The van der Waals surface area contributed by atoms with Gasteiger partial charge in [-0.1, -0.05) is 0 Å². The minimum Gasteiger partial charge on any atom is -0.465 e. The second-order valence-corrected chi connectivity index (χ2v) is 6.21. The average Bonchev–Trinajstić information content (AvgIpc) is 2.23. The summed E-state index contributed by atoms with van der Waals surface area (Å²) in [5.74, 6) is -0.325. The Labute approximate surface area is 116 Å². The minimum atomic E-state index is -1.15. The summed E-state index contributed by atoms with van der Waals surface area (Å²) in [6.07, 6.45) is -1.62. The van der Waals surface area contributed by atoms with Crippen molar-refractivity contribution in [2.75, 3.05) is 26.2 Å². The number of carbonyl (C=O) groups is 3. The monoisotopic (exact) mass is 285 g/mol. The molecule has 0 aliphatic carbocycles. The maximum atomic E-state index is 11.9. The van der Waals surface area contributed by atoms with Crippen LogP contribution in [-0.4, -0.2) is 70.3 Å². The Hall–Kier alpha value is -1.99. The summed E-state index contributed by atoms with van der Waals surface area (Å²) in [6.45, 7) is 5.79. The first-order valence-corrected chi connectivity index (χ1v) is 6.38. The lowest BCUT2D eigenvalue weighted by atomic mass is 9.86. The number of carbonyl (C=O) groups excluding carboxylic acids is 2. The molecule has 3 amide bonds. The molecule has 8 heteroatoms. The van der Waals surface area contributed by atoms with Gasteiger partial charge in [0.2, 0.25) is 5.91 Å². The summed E-state index contributed by atoms with van der Waals surface area (Å²) in [4.78, 5) is 36.9. The van der Waals surface area contributed by atoms with E-state index in [0.29, 0.717) is 0 Å². The first-order valence-electron chi connectivity index (χ1n) is 6.38. The van der Waals surface area contributed by atoms with Gasteiger partial charge in [-0.05, 0) is 20.8 Å². The van der Waals surface area contributed by atoms with Gasteiger partial charge in [0, 0.05) is 6.54 Å². The zero-order valence-corrected chi connectivity index (χ0v) is 11.8. The van der Waals surface area contributed by atoms with Gasteiger partial charge < -0.3 is 20.1 Å². The Morgan fingerprint density at radius 2 is 1.95 bits per heavy atom. The Morgan fingerprint density at radius 3 is 2.45 bits per heavy atom. The number of ether oxygens (including phenoxy) is 1. The van der Waals surface area contributed by atoms with E-state index >= 15 is 0 Å². The van der Waals surface area contributed by atoms with Crippen LogP contribution in [0.5, 0.6) is 0 Å². The van der Waals surface area contributed by atoms with Crippen LogP contribution in [0.15, 0.2) is 0 Å². The predicted octanol–water partition coefficient (Wildman–Crippen LogP) is 0.0857. The van der Waals surface area contributed by atoms with Gasteiger partial charge in [-0.3, -0.25) is 9.69 Å². The average molecular weight is 285 g/mol. The van der Waals surface area contributed by atoms with Crippen molar-refractivity contribution in [2.45, 2.75) is 31.9 Å². The van der Waals surface area contributed by atoms with Crippen LogP contribution in [-0.2, 0) is 9.53 Å². The van der Waals surface area contributed by atoms with Gasteiger partial charge in [-0.15, -0.1) is 0 Å². The van der Waals surface area contributed by atoms with Crippen molar-refractivity contribution in [3.05, 3.63) is 0 Å². The van der Waals surface area contributed by atoms with Crippen molar-refractivity contribution in [1.82, 2.24) is 15.1 Å². The highest BCUT2D eigenvalue weighted by Gasteiger charge is 2.54. The highest BCUT2D eigenvalue weighted by Crippen LogP contribution is 2.30. The van der Waals surface area contributed by atoms with Gasteiger partial charge in [0.1, 0.15) is 12.1 Å². The predicted molar refractivity (Wildman–Crippen MR) is 68.3 cm³/mol.